The van der Waals surface area contributed by atoms with E-state index in [9.17, 15) is 13.2 Å². The van der Waals surface area contributed by atoms with Gasteiger partial charge in [-0.15, -0.1) is 0 Å². The molecule has 0 aliphatic carbocycles. The molecule has 0 unspecified atom stereocenters. The fraction of sp³-hybridized carbons (Fsp3) is 0.727. The standard InChI is InChI=1S/C11H17F3N2/c1-7(2)5-9-6-10(11(12,13)14)15-16(9)8(3)4/h6-8H,5H2,1-4H3. The molecule has 1 heterocycles. The van der Waals surface area contributed by atoms with Crippen molar-refractivity contribution in [2.45, 2.75) is 46.3 Å². The predicted octanol–water partition coefficient (Wildman–Crippen LogP) is 3.68. The molecule has 1 aromatic heterocycles. The van der Waals surface area contributed by atoms with Gasteiger partial charge in [-0.1, -0.05) is 13.8 Å². The summed E-state index contributed by atoms with van der Waals surface area (Å²) in [5.41, 5.74) is -0.144. The van der Waals surface area contributed by atoms with E-state index in [1.807, 2.05) is 27.7 Å². The highest BCUT2D eigenvalue weighted by Gasteiger charge is 2.35. The van der Waals surface area contributed by atoms with Gasteiger partial charge < -0.3 is 0 Å². The van der Waals surface area contributed by atoms with Gasteiger partial charge in [0.1, 0.15) is 0 Å². The van der Waals surface area contributed by atoms with E-state index in [1.165, 1.54) is 4.68 Å². The van der Waals surface area contributed by atoms with Crippen molar-refractivity contribution in [2.24, 2.45) is 5.92 Å². The number of hydrogen-bond acceptors (Lipinski definition) is 1. The van der Waals surface area contributed by atoms with Crippen molar-refractivity contribution in [1.29, 1.82) is 0 Å². The minimum atomic E-state index is -4.36. The molecule has 0 bridgehead atoms. The Balaban J connectivity index is 3.10. The van der Waals surface area contributed by atoms with E-state index >= 15 is 0 Å². The van der Waals surface area contributed by atoms with Gasteiger partial charge in [0.2, 0.25) is 0 Å². The third-order valence-corrected chi connectivity index (χ3v) is 2.21. The Hall–Kier alpha value is -1.00. The average molecular weight is 234 g/mol. The first-order chi connectivity index (χ1) is 7.21. The van der Waals surface area contributed by atoms with Gasteiger partial charge >= 0.3 is 6.18 Å². The Morgan fingerprint density at radius 2 is 1.81 bits per heavy atom. The summed E-state index contributed by atoms with van der Waals surface area (Å²) < 4.78 is 39.0. The van der Waals surface area contributed by atoms with Crippen LogP contribution in [-0.4, -0.2) is 9.78 Å². The van der Waals surface area contributed by atoms with Crippen LogP contribution >= 0.6 is 0 Å². The second-order valence-electron chi connectivity index (χ2n) is 4.65. The third kappa shape index (κ3) is 3.00. The summed E-state index contributed by atoms with van der Waals surface area (Å²) in [5, 5.41) is 3.63. The van der Waals surface area contributed by atoms with E-state index in [0.29, 0.717) is 18.0 Å². The highest BCUT2D eigenvalue weighted by molar-refractivity contribution is 5.14. The Labute approximate surface area is 93.5 Å². The summed E-state index contributed by atoms with van der Waals surface area (Å²) in [6.07, 6.45) is -3.74. The van der Waals surface area contributed by atoms with Gasteiger partial charge in [0.15, 0.2) is 5.69 Å². The van der Waals surface area contributed by atoms with Crippen LogP contribution in [0.25, 0.3) is 0 Å². The molecule has 0 radical (unpaired) electrons. The molecule has 1 aromatic rings. The van der Waals surface area contributed by atoms with Gasteiger partial charge in [-0.05, 0) is 32.3 Å². The Kier molecular flexibility index (Phi) is 3.65. The van der Waals surface area contributed by atoms with Gasteiger partial charge in [0.25, 0.3) is 0 Å². The van der Waals surface area contributed by atoms with Crippen LogP contribution in [0.1, 0.15) is 45.1 Å². The number of hydrogen-bond donors (Lipinski definition) is 0. The number of nitrogens with zero attached hydrogens (tertiary/aromatic N) is 2. The molecule has 0 spiro atoms. The van der Waals surface area contributed by atoms with Crippen molar-refractivity contribution < 1.29 is 13.2 Å². The average Bonchev–Trinajstić information content (AvgIpc) is 2.45. The van der Waals surface area contributed by atoms with Gasteiger partial charge in [-0.25, -0.2) is 0 Å². The number of alkyl halides is 3. The summed E-state index contributed by atoms with van der Waals surface area (Å²) in [6, 6.07) is 1.10. The zero-order chi connectivity index (χ0) is 12.5. The van der Waals surface area contributed by atoms with Crippen LogP contribution < -0.4 is 0 Å². The van der Waals surface area contributed by atoms with Crippen molar-refractivity contribution >= 4 is 0 Å². The van der Waals surface area contributed by atoms with E-state index in [1.54, 1.807) is 0 Å². The zero-order valence-electron chi connectivity index (χ0n) is 9.97. The maximum absolute atomic E-state index is 12.5. The molecular formula is C11H17F3N2. The van der Waals surface area contributed by atoms with Crippen LogP contribution in [0.5, 0.6) is 0 Å². The Morgan fingerprint density at radius 1 is 1.25 bits per heavy atom. The molecule has 0 amide bonds. The normalized spacial score (nSPS) is 12.8. The van der Waals surface area contributed by atoms with E-state index in [0.717, 1.165) is 6.07 Å². The smallest absolute Gasteiger partial charge is 0.266 e. The third-order valence-electron chi connectivity index (χ3n) is 2.21. The summed E-state index contributed by atoms with van der Waals surface area (Å²) in [4.78, 5) is 0. The minimum Gasteiger partial charge on any atom is -0.266 e. The quantitative estimate of drug-likeness (QED) is 0.780. The molecule has 2 nitrogen and oxygen atoms in total. The second-order valence-corrected chi connectivity index (χ2v) is 4.65. The topological polar surface area (TPSA) is 17.8 Å². The number of rotatable bonds is 3. The fourth-order valence-electron chi connectivity index (χ4n) is 1.59. The van der Waals surface area contributed by atoms with Crippen molar-refractivity contribution in [3.8, 4) is 0 Å². The number of aromatic nitrogens is 2. The van der Waals surface area contributed by atoms with Crippen LogP contribution in [0.15, 0.2) is 6.07 Å². The van der Waals surface area contributed by atoms with E-state index in [4.69, 9.17) is 0 Å². The fourth-order valence-corrected chi connectivity index (χ4v) is 1.59. The summed E-state index contributed by atoms with van der Waals surface area (Å²) in [6.45, 7) is 7.61. The molecule has 5 heteroatoms. The lowest BCUT2D eigenvalue weighted by atomic mass is 10.1. The molecular weight excluding hydrogens is 217 g/mol. The summed E-state index contributed by atoms with van der Waals surface area (Å²) in [7, 11) is 0. The van der Waals surface area contributed by atoms with Crippen molar-refractivity contribution in [3.05, 3.63) is 17.5 Å². The van der Waals surface area contributed by atoms with E-state index in [2.05, 4.69) is 5.10 Å². The van der Waals surface area contributed by atoms with Crippen molar-refractivity contribution in [2.75, 3.05) is 0 Å². The predicted molar refractivity (Wildman–Crippen MR) is 56.2 cm³/mol. The van der Waals surface area contributed by atoms with Crippen LogP contribution in [0.4, 0.5) is 13.2 Å². The van der Waals surface area contributed by atoms with Crippen LogP contribution in [-0.2, 0) is 12.6 Å². The Morgan fingerprint density at radius 3 is 2.19 bits per heavy atom. The molecule has 0 aromatic carbocycles. The maximum Gasteiger partial charge on any atom is 0.435 e. The second kappa shape index (κ2) is 4.47. The van der Waals surface area contributed by atoms with Crippen LogP contribution in [0.3, 0.4) is 0 Å². The lowest BCUT2D eigenvalue weighted by Crippen LogP contribution is -2.11. The van der Waals surface area contributed by atoms with Gasteiger partial charge in [0, 0.05) is 11.7 Å². The lowest BCUT2D eigenvalue weighted by Gasteiger charge is -2.12. The van der Waals surface area contributed by atoms with Crippen molar-refractivity contribution in [1.82, 2.24) is 9.78 Å². The minimum absolute atomic E-state index is 0.0511. The molecule has 0 N–H and O–H groups in total. The maximum atomic E-state index is 12.5. The van der Waals surface area contributed by atoms with E-state index in [-0.39, 0.29) is 6.04 Å². The molecule has 0 atom stereocenters. The largest absolute Gasteiger partial charge is 0.435 e. The summed E-state index contributed by atoms with van der Waals surface area (Å²) in [5.74, 6) is 0.315. The van der Waals surface area contributed by atoms with Gasteiger partial charge in [0.05, 0.1) is 0 Å². The molecule has 0 fully saturated rings. The highest BCUT2D eigenvalue weighted by atomic mass is 19.4. The van der Waals surface area contributed by atoms with Gasteiger partial charge in [-0.3, -0.25) is 4.68 Å². The number of halogens is 3. The molecule has 0 saturated carbocycles. The molecule has 1 rings (SSSR count). The molecule has 92 valence electrons. The molecule has 0 aliphatic heterocycles. The highest BCUT2D eigenvalue weighted by Crippen LogP contribution is 2.30. The first-order valence-corrected chi connectivity index (χ1v) is 5.37. The van der Waals surface area contributed by atoms with Crippen molar-refractivity contribution in [3.63, 3.8) is 0 Å². The molecule has 0 saturated heterocycles. The first-order valence-electron chi connectivity index (χ1n) is 5.37. The van der Waals surface area contributed by atoms with E-state index < -0.39 is 11.9 Å². The first kappa shape index (κ1) is 13.1. The van der Waals surface area contributed by atoms with Crippen LogP contribution in [0, 0.1) is 5.92 Å². The molecule has 16 heavy (non-hydrogen) atoms. The SMILES string of the molecule is CC(C)Cc1cc(C(F)(F)F)nn1C(C)C. The zero-order valence-corrected chi connectivity index (χ0v) is 9.97. The lowest BCUT2D eigenvalue weighted by molar-refractivity contribution is -0.141. The van der Waals surface area contributed by atoms with Crippen LogP contribution in [0.2, 0.25) is 0 Å². The summed E-state index contributed by atoms with van der Waals surface area (Å²) >= 11 is 0. The molecule has 0 aliphatic rings. The Bertz CT molecular complexity index is 351. The van der Waals surface area contributed by atoms with Gasteiger partial charge in [-0.2, -0.15) is 18.3 Å². The monoisotopic (exact) mass is 234 g/mol.